The second-order valence-corrected chi connectivity index (χ2v) is 17.7. The number of likely N-dealkylation sites (tertiary alicyclic amines) is 1. The zero-order chi connectivity index (χ0) is 48.1. The lowest BCUT2D eigenvalue weighted by molar-refractivity contribution is -0.148. The quantitative estimate of drug-likeness (QED) is 0.0484. The van der Waals surface area contributed by atoms with E-state index in [2.05, 4.69) is 17.2 Å². The summed E-state index contributed by atoms with van der Waals surface area (Å²) in [6.07, 6.45) is 1.65. The van der Waals surface area contributed by atoms with E-state index < -0.39 is 71.8 Å². The van der Waals surface area contributed by atoms with E-state index in [9.17, 15) is 43.8 Å². The maximum atomic E-state index is 14.4. The number of methoxy groups -OCH3 is 2. The van der Waals surface area contributed by atoms with Gasteiger partial charge in [0.2, 0.25) is 29.5 Å². The lowest BCUT2D eigenvalue weighted by Gasteiger charge is -2.40. The summed E-state index contributed by atoms with van der Waals surface area (Å²) in [6.45, 7) is 15.2. The second kappa shape index (κ2) is 24.4. The Balaban J connectivity index is 1.71. The number of imide groups is 1. The number of aliphatic hydroxyl groups is 2. The number of ether oxygens (including phenoxy) is 2. The van der Waals surface area contributed by atoms with E-state index in [0.717, 1.165) is 10.5 Å². The van der Waals surface area contributed by atoms with Crippen molar-refractivity contribution in [3.63, 3.8) is 0 Å². The molecular weight excluding hydrogens is 825 g/mol. The van der Waals surface area contributed by atoms with Crippen LogP contribution in [0.2, 0.25) is 0 Å². The van der Waals surface area contributed by atoms with Crippen LogP contribution in [0.25, 0.3) is 0 Å². The van der Waals surface area contributed by atoms with Crippen LogP contribution < -0.4 is 10.6 Å². The van der Waals surface area contributed by atoms with Crippen molar-refractivity contribution >= 4 is 41.4 Å². The Kier molecular flexibility index (Phi) is 20.3. The van der Waals surface area contributed by atoms with Crippen molar-refractivity contribution in [2.45, 2.75) is 141 Å². The fourth-order valence-electron chi connectivity index (χ4n) is 8.33. The molecular formula is C47H72N6O11. The lowest BCUT2D eigenvalue weighted by atomic mass is 9.92. The molecule has 356 valence electrons. The molecule has 2 heterocycles. The van der Waals surface area contributed by atoms with Gasteiger partial charge >= 0.3 is 0 Å². The van der Waals surface area contributed by atoms with Crippen LogP contribution in [0.4, 0.5) is 0 Å². The predicted molar refractivity (Wildman–Crippen MR) is 240 cm³/mol. The van der Waals surface area contributed by atoms with E-state index in [1.807, 2.05) is 37.3 Å². The van der Waals surface area contributed by atoms with Crippen LogP contribution in [0.5, 0.6) is 0 Å². The number of unbranched alkanes of at least 4 members (excludes halogenated alkanes) is 1. The number of nitrogens with zero attached hydrogens (tertiary/aromatic N) is 4. The van der Waals surface area contributed by atoms with E-state index >= 15 is 0 Å². The van der Waals surface area contributed by atoms with E-state index in [1.54, 1.807) is 46.6 Å². The molecule has 0 radical (unpaired) electrons. The van der Waals surface area contributed by atoms with Gasteiger partial charge in [-0.3, -0.25) is 38.5 Å². The number of carbonyl (C=O) groups excluding carboxylic acids is 7. The van der Waals surface area contributed by atoms with Gasteiger partial charge < -0.3 is 45.0 Å². The summed E-state index contributed by atoms with van der Waals surface area (Å²) < 4.78 is 11.8. The first-order valence-corrected chi connectivity index (χ1v) is 22.2. The summed E-state index contributed by atoms with van der Waals surface area (Å²) in [7, 11) is 6.03. The van der Waals surface area contributed by atoms with E-state index in [4.69, 9.17) is 9.47 Å². The Labute approximate surface area is 378 Å². The van der Waals surface area contributed by atoms with Gasteiger partial charge in [0.1, 0.15) is 11.6 Å². The highest BCUT2D eigenvalue weighted by molar-refractivity contribution is 6.12. The smallest absolute Gasteiger partial charge is 0.253 e. The van der Waals surface area contributed by atoms with Gasteiger partial charge in [0.05, 0.1) is 42.7 Å². The number of amides is 7. The second-order valence-electron chi connectivity index (χ2n) is 17.7. The van der Waals surface area contributed by atoms with Crippen LogP contribution in [0, 0.1) is 11.8 Å². The minimum Gasteiger partial charge on any atom is -0.378 e. The molecule has 0 bridgehead atoms. The fourth-order valence-corrected chi connectivity index (χ4v) is 8.33. The molecule has 0 saturated carbocycles. The Morgan fingerprint density at radius 3 is 2.12 bits per heavy atom. The maximum absolute atomic E-state index is 14.4. The van der Waals surface area contributed by atoms with Crippen LogP contribution >= 0.6 is 0 Å². The summed E-state index contributed by atoms with van der Waals surface area (Å²) in [5, 5.41) is 25.9. The van der Waals surface area contributed by atoms with Gasteiger partial charge in [0.15, 0.2) is 6.29 Å². The Hall–Kier alpha value is -4.97. The number of rotatable bonds is 25. The van der Waals surface area contributed by atoms with Gasteiger partial charge in [-0.15, -0.1) is 0 Å². The lowest BCUT2D eigenvalue weighted by Crippen LogP contribution is -2.61. The Morgan fingerprint density at radius 2 is 1.58 bits per heavy atom. The highest BCUT2D eigenvalue weighted by Crippen LogP contribution is 2.30. The van der Waals surface area contributed by atoms with Crippen molar-refractivity contribution in [1.82, 2.24) is 30.2 Å². The summed E-state index contributed by atoms with van der Waals surface area (Å²) in [4.78, 5) is 98.7. The molecule has 64 heavy (non-hydrogen) atoms. The number of aliphatic hydroxyl groups excluding tert-OH is 1. The molecule has 4 N–H and O–H groups in total. The molecule has 1 fully saturated rings. The first kappa shape index (κ1) is 53.4. The summed E-state index contributed by atoms with van der Waals surface area (Å²) in [5.41, 5.74) is 0.0743. The van der Waals surface area contributed by atoms with Gasteiger partial charge in [-0.05, 0) is 63.9 Å². The number of carbonyl (C=O) groups is 7. The molecule has 7 amide bonds. The monoisotopic (exact) mass is 897 g/mol. The molecule has 17 nitrogen and oxygen atoms in total. The average Bonchev–Trinajstić information content (AvgIpc) is 3.88. The van der Waals surface area contributed by atoms with E-state index in [0.29, 0.717) is 44.2 Å². The third-order valence-electron chi connectivity index (χ3n) is 12.7. The third kappa shape index (κ3) is 13.5. The Morgan fingerprint density at radius 1 is 0.953 bits per heavy atom. The molecule has 2 unspecified atom stereocenters. The van der Waals surface area contributed by atoms with Crippen LogP contribution in [0.15, 0.2) is 54.6 Å². The molecule has 1 aromatic rings. The molecule has 1 saturated heterocycles. The number of hydrogen-bond donors (Lipinski definition) is 4. The number of nitrogens with one attached hydrogen (secondary N) is 2. The zero-order valence-electron chi connectivity index (χ0n) is 39.4. The number of likely N-dealkylation sites (N-methyl/N-ethyl adjacent to an activating group) is 2. The number of benzene rings is 1. The van der Waals surface area contributed by atoms with Crippen molar-refractivity contribution in [2.24, 2.45) is 11.8 Å². The van der Waals surface area contributed by atoms with Crippen LogP contribution in [-0.4, -0.2) is 161 Å². The van der Waals surface area contributed by atoms with Crippen molar-refractivity contribution in [1.29, 1.82) is 0 Å². The fraction of sp³-hybridized carbons (Fsp3) is 0.638. The predicted octanol–water partition coefficient (Wildman–Crippen LogP) is 2.34. The maximum Gasteiger partial charge on any atom is 0.253 e. The van der Waals surface area contributed by atoms with Gasteiger partial charge in [-0.1, -0.05) is 70.2 Å². The molecule has 0 spiro atoms. The average molecular weight is 897 g/mol. The standard InChI is InChI=1S/C47H72N6O11/c1-12-30(4)41(50(8)44(59)40(29(2)3)49-46(62)47(6,7)51(9)36(54)22-16-17-25-53-37(55)23-24-38(53)56)35(63-10)28-39(57)52-26-18-21-34(52)42(64-11)31(5)43(58)48-33(45(60)61)27-32-19-14-13-15-20-32/h13-15,19-20,23-24,29,31,33-35,40-42,45,60-61H,4,12,16-18,21-22,25-28H2,1-3,5-11H3,(H,48,58)(H,49,62)/t31-,33+,34+,35-,40+,41?,42?/m1/s1. The van der Waals surface area contributed by atoms with Gasteiger partial charge in [0, 0.05) is 60.0 Å². The minimum atomic E-state index is -1.81. The molecule has 1 aromatic carbocycles. The highest BCUT2D eigenvalue weighted by atomic mass is 16.5. The van der Waals surface area contributed by atoms with Crippen LogP contribution in [0.1, 0.15) is 92.1 Å². The van der Waals surface area contributed by atoms with Crippen molar-refractivity contribution in [3.8, 4) is 0 Å². The molecule has 2 aliphatic rings. The summed E-state index contributed by atoms with van der Waals surface area (Å²) >= 11 is 0. The normalized spacial score (nSPS) is 18.1. The SMILES string of the molecule is C=C(CC)C([C@@H](CC(=O)N1CCC[C@H]1C(OC)[C@@H](C)C(=O)N[C@@H](Cc1ccccc1)C(O)O)OC)N(C)C(=O)[C@@H](NC(=O)C(C)(C)N(C)C(=O)CCCCN1C(=O)C=CC1=O)C(C)C. The van der Waals surface area contributed by atoms with Gasteiger partial charge in [-0.25, -0.2) is 0 Å². The van der Waals surface area contributed by atoms with Gasteiger partial charge in [-0.2, -0.15) is 0 Å². The van der Waals surface area contributed by atoms with E-state index in [-0.39, 0.29) is 55.4 Å². The summed E-state index contributed by atoms with van der Waals surface area (Å²) in [5.74, 6) is -3.98. The van der Waals surface area contributed by atoms with Crippen molar-refractivity contribution in [2.75, 3.05) is 41.4 Å². The largest absolute Gasteiger partial charge is 0.378 e. The van der Waals surface area contributed by atoms with Crippen LogP contribution in [-0.2, 0) is 49.5 Å². The topological polar surface area (TPSA) is 215 Å². The molecule has 3 rings (SSSR count). The van der Waals surface area contributed by atoms with Gasteiger partial charge in [0.25, 0.3) is 11.8 Å². The Bertz CT molecular complexity index is 1820. The van der Waals surface area contributed by atoms with Crippen molar-refractivity contribution < 1.29 is 53.2 Å². The van der Waals surface area contributed by atoms with Crippen molar-refractivity contribution in [3.05, 3.63) is 60.2 Å². The summed E-state index contributed by atoms with van der Waals surface area (Å²) in [6, 6.07) is 5.90. The third-order valence-corrected chi connectivity index (χ3v) is 12.7. The number of hydrogen-bond acceptors (Lipinski definition) is 11. The molecule has 0 aromatic heterocycles. The van der Waals surface area contributed by atoms with Crippen LogP contribution in [0.3, 0.4) is 0 Å². The highest BCUT2D eigenvalue weighted by Gasteiger charge is 2.44. The first-order chi connectivity index (χ1) is 30.1. The molecule has 17 heteroatoms. The van der Waals surface area contributed by atoms with E-state index in [1.165, 1.54) is 43.2 Å². The molecule has 0 aliphatic carbocycles. The minimum absolute atomic E-state index is 0.0774. The molecule has 7 atom stereocenters. The molecule has 2 aliphatic heterocycles. The first-order valence-electron chi connectivity index (χ1n) is 22.2. The zero-order valence-corrected chi connectivity index (χ0v) is 39.4.